The van der Waals surface area contributed by atoms with Crippen LogP contribution in [0.4, 0.5) is 0 Å². The molecule has 0 radical (unpaired) electrons. The molecule has 11 heavy (non-hydrogen) atoms. The highest BCUT2D eigenvalue weighted by Gasteiger charge is 2.18. The van der Waals surface area contributed by atoms with Gasteiger partial charge >= 0.3 is 0 Å². The summed E-state index contributed by atoms with van der Waals surface area (Å²) in [6, 6.07) is 1.31. The van der Waals surface area contributed by atoms with Gasteiger partial charge in [0, 0.05) is 18.7 Å². The van der Waals surface area contributed by atoms with Crippen molar-refractivity contribution in [1.29, 1.82) is 0 Å². The van der Waals surface area contributed by atoms with Crippen LogP contribution in [-0.2, 0) is 4.74 Å². The third-order valence-electron chi connectivity index (χ3n) is 2.20. The first-order valence-electron chi connectivity index (χ1n) is 4.66. The van der Waals surface area contributed by atoms with E-state index in [0.717, 1.165) is 19.3 Å². The highest BCUT2D eigenvalue weighted by Crippen LogP contribution is 2.18. The van der Waals surface area contributed by atoms with Gasteiger partial charge in [0.2, 0.25) is 0 Å². The van der Waals surface area contributed by atoms with Gasteiger partial charge in [0.05, 0.1) is 6.61 Å². The van der Waals surface area contributed by atoms with Gasteiger partial charge in [-0.3, -0.25) is 0 Å². The van der Waals surface area contributed by atoms with Crippen molar-refractivity contribution < 1.29 is 4.74 Å². The lowest BCUT2D eigenvalue weighted by atomic mass is 9.92. The summed E-state index contributed by atoms with van der Waals surface area (Å²) in [6.45, 7) is 5.91. The molecule has 2 nitrogen and oxygen atoms in total. The summed E-state index contributed by atoms with van der Waals surface area (Å²) in [6.07, 6.45) is 4.12. The fraction of sp³-hybridized carbons (Fsp3) is 1.00. The van der Waals surface area contributed by atoms with Gasteiger partial charge in [-0.15, -0.1) is 0 Å². The average molecular weight is 157 g/mol. The number of hydrogen-bond donors (Lipinski definition) is 1. The fourth-order valence-electron chi connectivity index (χ4n) is 1.32. The van der Waals surface area contributed by atoms with Gasteiger partial charge in [-0.2, -0.15) is 0 Å². The van der Waals surface area contributed by atoms with Crippen molar-refractivity contribution in [2.75, 3.05) is 13.2 Å². The Kier molecular flexibility index (Phi) is 3.87. The van der Waals surface area contributed by atoms with E-state index in [9.17, 15) is 0 Å². The van der Waals surface area contributed by atoms with Crippen molar-refractivity contribution in [3.63, 3.8) is 0 Å². The minimum Gasteiger partial charge on any atom is -0.380 e. The van der Waals surface area contributed by atoms with Crippen LogP contribution in [0.15, 0.2) is 0 Å². The van der Waals surface area contributed by atoms with Crippen LogP contribution in [0.1, 0.15) is 33.1 Å². The molecule has 0 spiro atoms. The molecular weight excluding hydrogens is 138 g/mol. The Morgan fingerprint density at radius 3 is 2.73 bits per heavy atom. The van der Waals surface area contributed by atoms with Gasteiger partial charge in [-0.05, 0) is 26.7 Å². The largest absolute Gasteiger partial charge is 0.380 e. The molecule has 0 aliphatic heterocycles. The van der Waals surface area contributed by atoms with E-state index in [0.29, 0.717) is 6.04 Å². The molecule has 1 unspecified atom stereocenters. The summed E-state index contributed by atoms with van der Waals surface area (Å²) in [5.41, 5.74) is 0. The van der Waals surface area contributed by atoms with Gasteiger partial charge < -0.3 is 10.1 Å². The van der Waals surface area contributed by atoms with Gasteiger partial charge in [-0.25, -0.2) is 0 Å². The van der Waals surface area contributed by atoms with Crippen molar-refractivity contribution in [3.05, 3.63) is 0 Å². The fourth-order valence-corrected chi connectivity index (χ4v) is 1.32. The Bertz CT molecular complexity index is 102. The molecule has 1 N–H and O–H groups in total. The van der Waals surface area contributed by atoms with Crippen LogP contribution in [0.2, 0.25) is 0 Å². The number of ether oxygens (including phenoxy) is 1. The van der Waals surface area contributed by atoms with Crippen LogP contribution >= 0.6 is 0 Å². The summed E-state index contributed by atoms with van der Waals surface area (Å²) in [4.78, 5) is 0. The maximum Gasteiger partial charge on any atom is 0.0616 e. The third-order valence-corrected chi connectivity index (χ3v) is 2.20. The Hall–Kier alpha value is -0.0800. The molecule has 66 valence electrons. The van der Waals surface area contributed by atoms with E-state index < -0.39 is 0 Å². The van der Waals surface area contributed by atoms with Crippen molar-refractivity contribution in [1.82, 2.24) is 5.32 Å². The first kappa shape index (κ1) is 9.01. The molecular formula is C9H19NO. The van der Waals surface area contributed by atoms with Gasteiger partial charge in [0.25, 0.3) is 0 Å². The van der Waals surface area contributed by atoms with Crippen LogP contribution < -0.4 is 5.32 Å². The van der Waals surface area contributed by atoms with Gasteiger partial charge in [0.1, 0.15) is 0 Å². The normalized spacial score (nSPS) is 21.3. The SMILES string of the molecule is CCOCC(C)NC1CCC1. The van der Waals surface area contributed by atoms with Crippen LogP contribution in [-0.4, -0.2) is 25.3 Å². The molecule has 1 aliphatic rings. The molecule has 0 bridgehead atoms. The molecule has 0 aromatic rings. The van der Waals surface area contributed by atoms with Crippen molar-refractivity contribution in [3.8, 4) is 0 Å². The first-order valence-corrected chi connectivity index (χ1v) is 4.66. The lowest BCUT2D eigenvalue weighted by Gasteiger charge is -2.29. The number of nitrogens with one attached hydrogen (secondary N) is 1. The topological polar surface area (TPSA) is 21.3 Å². The minimum absolute atomic E-state index is 0.528. The first-order chi connectivity index (χ1) is 5.33. The third kappa shape index (κ3) is 3.21. The molecule has 1 fully saturated rings. The quantitative estimate of drug-likeness (QED) is 0.654. The van der Waals surface area contributed by atoms with Crippen LogP contribution in [0, 0.1) is 0 Å². The van der Waals surface area contributed by atoms with Gasteiger partial charge in [0.15, 0.2) is 0 Å². The Morgan fingerprint density at radius 2 is 2.27 bits per heavy atom. The van der Waals surface area contributed by atoms with Crippen LogP contribution in [0.3, 0.4) is 0 Å². The zero-order valence-electron chi connectivity index (χ0n) is 7.60. The second kappa shape index (κ2) is 4.73. The van der Waals surface area contributed by atoms with Crippen LogP contribution in [0.5, 0.6) is 0 Å². The molecule has 0 aromatic carbocycles. The van der Waals surface area contributed by atoms with Crippen molar-refractivity contribution >= 4 is 0 Å². The maximum absolute atomic E-state index is 5.30. The van der Waals surface area contributed by atoms with E-state index in [1.165, 1.54) is 19.3 Å². The summed E-state index contributed by atoms with van der Waals surface area (Å²) >= 11 is 0. The molecule has 0 aromatic heterocycles. The highest BCUT2D eigenvalue weighted by atomic mass is 16.5. The number of rotatable bonds is 5. The van der Waals surface area contributed by atoms with E-state index in [1.54, 1.807) is 0 Å². The Labute approximate surface area is 69.3 Å². The molecule has 2 heteroatoms. The zero-order chi connectivity index (χ0) is 8.10. The molecule has 0 amide bonds. The Balaban J connectivity index is 1.95. The second-order valence-electron chi connectivity index (χ2n) is 3.36. The summed E-state index contributed by atoms with van der Waals surface area (Å²) in [5.74, 6) is 0. The van der Waals surface area contributed by atoms with E-state index in [2.05, 4.69) is 12.2 Å². The zero-order valence-corrected chi connectivity index (χ0v) is 7.60. The average Bonchev–Trinajstić information content (AvgIpc) is 1.93. The molecule has 0 heterocycles. The lowest BCUT2D eigenvalue weighted by molar-refractivity contribution is 0.118. The van der Waals surface area contributed by atoms with E-state index >= 15 is 0 Å². The lowest BCUT2D eigenvalue weighted by Crippen LogP contribution is -2.42. The van der Waals surface area contributed by atoms with Gasteiger partial charge in [-0.1, -0.05) is 6.42 Å². The predicted octanol–water partition coefficient (Wildman–Crippen LogP) is 1.55. The van der Waals surface area contributed by atoms with Crippen molar-refractivity contribution in [2.24, 2.45) is 0 Å². The minimum atomic E-state index is 0.528. The van der Waals surface area contributed by atoms with E-state index in [1.807, 2.05) is 6.92 Å². The maximum atomic E-state index is 5.30. The predicted molar refractivity (Wildman–Crippen MR) is 46.7 cm³/mol. The van der Waals surface area contributed by atoms with E-state index in [4.69, 9.17) is 4.74 Å². The van der Waals surface area contributed by atoms with E-state index in [-0.39, 0.29) is 0 Å². The second-order valence-corrected chi connectivity index (χ2v) is 3.36. The summed E-state index contributed by atoms with van der Waals surface area (Å²) in [5, 5.41) is 3.53. The summed E-state index contributed by atoms with van der Waals surface area (Å²) < 4.78 is 5.30. The Morgan fingerprint density at radius 1 is 1.55 bits per heavy atom. The smallest absolute Gasteiger partial charge is 0.0616 e. The number of hydrogen-bond acceptors (Lipinski definition) is 2. The summed E-state index contributed by atoms with van der Waals surface area (Å²) in [7, 11) is 0. The van der Waals surface area contributed by atoms with Crippen LogP contribution in [0.25, 0.3) is 0 Å². The standard InChI is InChI=1S/C9H19NO/c1-3-11-7-8(2)10-9-5-4-6-9/h8-10H,3-7H2,1-2H3. The highest BCUT2D eigenvalue weighted by molar-refractivity contribution is 4.78. The molecule has 0 saturated heterocycles. The molecule has 1 atom stereocenters. The molecule has 1 aliphatic carbocycles. The molecule has 1 saturated carbocycles. The molecule has 1 rings (SSSR count). The van der Waals surface area contributed by atoms with Crippen molar-refractivity contribution in [2.45, 2.75) is 45.2 Å². The monoisotopic (exact) mass is 157 g/mol.